The van der Waals surface area contributed by atoms with Crippen LogP contribution in [0.1, 0.15) is 59.8 Å². The third kappa shape index (κ3) is 4.34. The Morgan fingerprint density at radius 1 is 1.29 bits per heavy atom. The van der Waals surface area contributed by atoms with Crippen LogP contribution in [0.2, 0.25) is 0 Å². The van der Waals surface area contributed by atoms with Crippen LogP contribution in [0, 0.1) is 13.8 Å². The zero-order chi connectivity index (χ0) is 24.8. The second-order valence-corrected chi connectivity index (χ2v) is 9.10. The molecule has 2 aromatic heterocycles. The molecule has 0 amide bonds. The van der Waals surface area contributed by atoms with Crippen LogP contribution in [0.3, 0.4) is 0 Å². The standard InChI is InChI=1S/C25H28F2N4O3/c1-14-11-19(17(4)28-20-8-6-5-7-18(20)24(33)34)22-29-21(16(3)23(32)31(22)13-14)30-10-9-25(26,27)12-15(30)2/h5-8,11,13,15,17,28H,9-10,12H2,1-4H3,(H,33,34)/t15-,17-/m1/s1. The Morgan fingerprint density at radius 2 is 2.00 bits per heavy atom. The molecule has 0 radical (unpaired) electrons. The lowest BCUT2D eigenvalue weighted by molar-refractivity contribution is -0.0319. The Hall–Kier alpha value is -3.49. The number of benzene rings is 1. The average molecular weight is 471 g/mol. The molecule has 0 unspecified atom stereocenters. The average Bonchev–Trinajstić information content (AvgIpc) is 2.76. The summed E-state index contributed by atoms with van der Waals surface area (Å²) >= 11 is 0. The Kier molecular flexibility index (Phi) is 6.05. The van der Waals surface area contributed by atoms with E-state index in [0.29, 0.717) is 28.3 Å². The molecule has 1 fully saturated rings. The van der Waals surface area contributed by atoms with Gasteiger partial charge in [-0.25, -0.2) is 18.6 Å². The molecule has 3 aromatic rings. The Bertz CT molecular complexity index is 1320. The van der Waals surface area contributed by atoms with Gasteiger partial charge in [-0.1, -0.05) is 12.1 Å². The second kappa shape index (κ2) is 8.70. The fraction of sp³-hybridized carbons (Fsp3) is 0.400. The summed E-state index contributed by atoms with van der Waals surface area (Å²) in [5.41, 5.74) is 2.68. The van der Waals surface area contributed by atoms with Crippen molar-refractivity contribution in [2.24, 2.45) is 0 Å². The van der Waals surface area contributed by atoms with Crippen LogP contribution < -0.4 is 15.8 Å². The van der Waals surface area contributed by atoms with Gasteiger partial charge in [-0.2, -0.15) is 0 Å². The van der Waals surface area contributed by atoms with E-state index in [1.807, 2.05) is 19.9 Å². The zero-order valence-corrected chi connectivity index (χ0v) is 19.6. The number of carbonyl (C=O) groups is 1. The number of fused-ring (bicyclic) bond motifs is 1. The number of para-hydroxylation sites is 1. The third-order valence-electron chi connectivity index (χ3n) is 6.40. The Balaban J connectivity index is 1.82. The molecule has 0 aliphatic carbocycles. The lowest BCUT2D eigenvalue weighted by Gasteiger charge is -2.39. The number of piperidine rings is 1. The highest BCUT2D eigenvalue weighted by molar-refractivity contribution is 5.94. The van der Waals surface area contributed by atoms with Crippen LogP contribution >= 0.6 is 0 Å². The highest BCUT2D eigenvalue weighted by Gasteiger charge is 2.39. The van der Waals surface area contributed by atoms with E-state index in [4.69, 9.17) is 4.98 Å². The molecule has 1 saturated heterocycles. The van der Waals surface area contributed by atoms with Crippen LogP contribution in [-0.4, -0.2) is 39.0 Å². The molecule has 2 N–H and O–H groups in total. The Morgan fingerprint density at radius 3 is 2.68 bits per heavy atom. The van der Waals surface area contributed by atoms with Crippen LogP contribution in [0.5, 0.6) is 0 Å². The highest BCUT2D eigenvalue weighted by atomic mass is 19.3. The predicted octanol–water partition coefficient (Wildman–Crippen LogP) is 4.81. The number of aromatic nitrogens is 2. The number of pyridine rings is 1. The van der Waals surface area contributed by atoms with E-state index >= 15 is 0 Å². The number of aromatic carboxylic acids is 1. The summed E-state index contributed by atoms with van der Waals surface area (Å²) < 4.78 is 29.3. The maximum Gasteiger partial charge on any atom is 0.337 e. The topological polar surface area (TPSA) is 86.9 Å². The van der Waals surface area contributed by atoms with Gasteiger partial charge < -0.3 is 15.3 Å². The van der Waals surface area contributed by atoms with Gasteiger partial charge in [0.25, 0.3) is 11.5 Å². The SMILES string of the molecule is Cc1cc([C@@H](C)Nc2ccccc2C(=O)O)c2nc(N3CCC(F)(F)C[C@H]3C)c(C)c(=O)n2c1. The van der Waals surface area contributed by atoms with E-state index < -0.39 is 17.9 Å². The molecule has 180 valence electrons. The number of halogens is 2. The molecule has 3 heterocycles. The number of hydrogen-bond acceptors (Lipinski definition) is 5. The van der Waals surface area contributed by atoms with Gasteiger partial charge in [0.2, 0.25) is 0 Å². The fourth-order valence-corrected chi connectivity index (χ4v) is 4.65. The largest absolute Gasteiger partial charge is 0.478 e. The van der Waals surface area contributed by atoms with Crippen molar-refractivity contribution in [1.82, 2.24) is 9.38 Å². The molecule has 1 aliphatic heterocycles. The van der Waals surface area contributed by atoms with Crippen molar-refractivity contribution in [3.05, 3.63) is 69.1 Å². The first-order valence-electron chi connectivity index (χ1n) is 11.3. The normalized spacial score (nSPS) is 18.6. The lowest BCUT2D eigenvalue weighted by Crippen LogP contribution is -2.47. The van der Waals surface area contributed by atoms with Gasteiger partial charge >= 0.3 is 5.97 Å². The fourth-order valence-electron chi connectivity index (χ4n) is 4.65. The van der Waals surface area contributed by atoms with E-state index in [1.54, 1.807) is 43.1 Å². The van der Waals surface area contributed by atoms with Gasteiger partial charge in [0.05, 0.1) is 17.2 Å². The summed E-state index contributed by atoms with van der Waals surface area (Å²) in [7, 11) is 0. The van der Waals surface area contributed by atoms with Gasteiger partial charge in [0.1, 0.15) is 11.5 Å². The lowest BCUT2D eigenvalue weighted by atomic mass is 9.99. The number of nitrogens with zero attached hydrogens (tertiary/aromatic N) is 3. The molecule has 1 aromatic carbocycles. The van der Waals surface area contributed by atoms with Crippen LogP contribution in [-0.2, 0) is 0 Å². The number of hydrogen-bond donors (Lipinski definition) is 2. The van der Waals surface area contributed by atoms with Crippen molar-refractivity contribution in [2.45, 2.75) is 58.5 Å². The summed E-state index contributed by atoms with van der Waals surface area (Å²) in [4.78, 5) is 31.5. The third-order valence-corrected chi connectivity index (χ3v) is 6.40. The maximum absolute atomic E-state index is 13.9. The number of anilines is 2. The molecule has 7 nitrogen and oxygen atoms in total. The van der Waals surface area contributed by atoms with E-state index in [0.717, 1.165) is 5.56 Å². The van der Waals surface area contributed by atoms with Gasteiger partial charge in [-0.05, 0) is 51.5 Å². The second-order valence-electron chi connectivity index (χ2n) is 9.10. The van der Waals surface area contributed by atoms with Gasteiger partial charge in [-0.15, -0.1) is 0 Å². The molecule has 0 spiro atoms. The summed E-state index contributed by atoms with van der Waals surface area (Å²) in [5, 5.41) is 12.7. The quantitative estimate of drug-likeness (QED) is 0.557. The molecular formula is C25H28F2N4O3. The molecule has 2 atom stereocenters. The van der Waals surface area contributed by atoms with Crippen molar-refractivity contribution in [3.8, 4) is 0 Å². The number of nitrogens with one attached hydrogen (secondary N) is 1. The summed E-state index contributed by atoms with van der Waals surface area (Å²) in [5.74, 6) is -3.36. The minimum absolute atomic E-state index is 0.110. The zero-order valence-electron chi connectivity index (χ0n) is 19.6. The molecule has 1 aliphatic rings. The number of rotatable bonds is 5. The molecule has 4 rings (SSSR count). The highest BCUT2D eigenvalue weighted by Crippen LogP contribution is 2.35. The smallest absolute Gasteiger partial charge is 0.337 e. The minimum atomic E-state index is -2.73. The first-order chi connectivity index (χ1) is 16.0. The van der Waals surface area contributed by atoms with Crippen molar-refractivity contribution < 1.29 is 18.7 Å². The van der Waals surface area contributed by atoms with Gasteiger partial charge in [0, 0.05) is 42.9 Å². The van der Waals surface area contributed by atoms with Crippen molar-refractivity contribution in [2.75, 3.05) is 16.8 Å². The number of carboxylic acid groups (broad SMARTS) is 1. The first-order valence-corrected chi connectivity index (χ1v) is 11.3. The summed E-state index contributed by atoms with van der Waals surface area (Å²) in [6.07, 6.45) is 1.12. The van der Waals surface area contributed by atoms with E-state index in [9.17, 15) is 23.5 Å². The maximum atomic E-state index is 13.9. The van der Waals surface area contributed by atoms with Crippen LogP contribution in [0.25, 0.3) is 5.65 Å². The van der Waals surface area contributed by atoms with Gasteiger partial charge in [0.15, 0.2) is 0 Å². The molecule has 0 bridgehead atoms. The molecular weight excluding hydrogens is 442 g/mol. The van der Waals surface area contributed by atoms with Crippen LogP contribution in [0.4, 0.5) is 20.3 Å². The number of aryl methyl sites for hydroxylation is 1. The summed E-state index contributed by atoms with van der Waals surface area (Å²) in [6.45, 7) is 7.23. The van der Waals surface area contributed by atoms with E-state index in [2.05, 4.69) is 5.32 Å². The minimum Gasteiger partial charge on any atom is -0.478 e. The van der Waals surface area contributed by atoms with E-state index in [-0.39, 0.29) is 36.6 Å². The molecule has 34 heavy (non-hydrogen) atoms. The number of carboxylic acids is 1. The van der Waals surface area contributed by atoms with Crippen molar-refractivity contribution in [1.29, 1.82) is 0 Å². The Labute approximate surface area is 196 Å². The first kappa shape index (κ1) is 23.7. The monoisotopic (exact) mass is 470 g/mol. The summed E-state index contributed by atoms with van der Waals surface area (Å²) in [6, 6.07) is 7.64. The van der Waals surface area contributed by atoms with Crippen molar-refractivity contribution in [3.63, 3.8) is 0 Å². The number of alkyl halides is 2. The predicted molar refractivity (Wildman–Crippen MR) is 127 cm³/mol. The molecule has 9 heteroatoms. The van der Waals surface area contributed by atoms with E-state index in [1.165, 1.54) is 10.5 Å². The van der Waals surface area contributed by atoms with Crippen molar-refractivity contribution >= 4 is 23.1 Å². The van der Waals surface area contributed by atoms with Crippen LogP contribution in [0.15, 0.2) is 41.3 Å². The molecule has 0 saturated carbocycles. The van der Waals surface area contributed by atoms with Gasteiger partial charge in [-0.3, -0.25) is 9.20 Å².